The van der Waals surface area contributed by atoms with E-state index in [9.17, 15) is 13.2 Å². The molecule has 1 aromatic heterocycles. The van der Waals surface area contributed by atoms with Crippen molar-refractivity contribution in [1.29, 1.82) is 0 Å². The summed E-state index contributed by atoms with van der Waals surface area (Å²) in [4.78, 5) is 7.61. The molecule has 0 aromatic carbocycles. The molecule has 0 spiro atoms. The highest BCUT2D eigenvalue weighted by Crippen LogP contribution is 2.20. The Morgan fingerprint density at radius 3 is 2.73 bits per heavy atom. The summed E-state index contributed by atoms with van der Waals surface area (Å²) in [6, 6.07) is 1.43. The third-order valence-corrected chi connectivity index (χ3v) is 1.63. The van der Waals surface area contributed by atoms with E-state index in [0.717, 1.165) is 0 Å². The lowest BCUT2D eigenvalue weighted by molar-refractivity contribution is -0.198. The summed E-state index contributed by atoms with van der Waals surface area (Å²) in [5.41, 5.74) is 0. The van der Waals surface area contributed by atoms with Gasteiger partial charge in [0.05, 0.1) is 6.54 Å². The van der Waals surface area contributed by atoms with E-state index in [1.54, 1.807) is 6.92 Å². The van der Waals surface area contributed by atoms with Gasteiger partial charge < -0.3 is 10.4 Å². The maximum atomic E-state index is 11.9. The van der Waals surface area contributed by atoms with Crippen LogP contribution in [0.3, 0.4) is 0 Å². The van der Waals surface area contributed by atoms with Crippen molar-refractivity contribution in [2.45, 2.75) is 19.2 Å². The monoisotopic (exact) mass is 221 g/mol. The molecule has 1 heterocycles. The van der Waals surface area contributed by atoms with E-state index in [1.165, 1.54) is 12.3 Å². The minimum Gasteiger partial charge on any atom is -0.382 e. The normalized spacial score (nSPS) is 13.7. The second kappa shape index (κ2) is 4.43. The minimum atomic E-state index is -4.62. The number of hydrogen-bond donors (Lipinski definition) is 2. The summed E-state index contributed by atoms with van der Waals surface area (Å²) in [6.45, 7) is 0.991. The number of nitrogens with one attached hydrogen (secondary N) is 1. The van der Waals surface area contributed by atoms with Crippen molar-refractivity contribution in [3.63, 3.8) is 0 Å². The van der Waals surface area contributed by atoms with Crippen LogP contribution in [-0.2, 0) is 0 Å². The summed E-state index contributed by atoms with van der Waals surface area (Å²) in [7, 11) is 0. The van der Waals surface area contributed by atoms with Gasteiger partial charge in [0.1, 0.15) is 11.6 Å². The first-order valence-corrected chi connectivity index (χ1v) is 4.18. The van der Waals surface area contributed by atoms with Gasteiger partial charge in [-0.05, 0) is 13.0 Å². The SMILES string of the molecule is Cc1nccc(NCC(O)C(F)(F)F)n1. The standard InChI is InChI=1S/C8H10F3N3O/c1-5-12-3-2-7(14-5)13-4-6(15)8(9,10)11/h2-3,6,15H,4H2,1H3,(H,12,13,14). The molecular weight excluding hydrogens is 211 g/mol. The summed E-state index contributed by atoms with van der Waals surface area (Å²) in [5, 5.41) is 11.1. The van der Waals surface area contributed by atoms with Crippen molar-refractivity contribution in [2.75, 3.05) is 11.9 Å². The Balaban J connectivity index is 2.51. The quantitative estimate of drug-likeness (QED) is 0.803. The maximum absolute atomic E-state index is 11.9. The highest BCUT2D eigenvalue weighted by molar-refractivity contribution is 5.32. The average molecular weight is 221 g/mol. The molecule has 1 unspecified atom stereocenters. The first-order chi connectivity index (χ1) is 6.89. The second-order valence-electron chi connectivity index (χ2n) is 2.93. The Bertz CT molecular complexity index is 329. The third kappa shape index (κ3) is 3.70. The molecule has 0 saturated heterocycles. The van der Waals surface area contributed by atoms with Gasteiger partial charge in [-0.3, -0.25) is 0 Å². The van der Waals surface area contributed by atoms with Crippen molar-refractivity contribution >= 4 is 5.82 Å². The predicted octanol–water partition coefficient (Wildman–Crippen LogP) is 1.12. The molecule has 0 aliphatic rings. The average Bonchev–Trinajstić information content (AvgIpc) is 2.12. The molecule has 4 nitrogen and oxygen atoms in total. The van der Waals surface area contributed by atoms with Crippen molar-refractivity contribution in [1.82, 2.24) is 9.97 Å². The van der Waals surface area contributed by atoms with Gasteiger partial charge in [0, 0.05) is 6.20 Å². The molecule has 1 rings (SSSR count). The Kier molecular flexibility index (Phi) is 3.46. The number of hydrogen-bond acceptors (Lipinski definition) is 4. The number of halogens is 3. The summed E-state index contributed by atoms with van der Waals surface area (Å²) in [6.07, 6.45) is -5.59. The maximum Gasteiger partial charge on any atom is 0.416 e. The summed E-state index contributed by atoms with van der Waals surface area (Å²) in [5.74, 6) is 0.701. The molecule has 0 radical (unpaired) electrons. The first kappa shape index (κ1) is 11.7. The van der Waals surface area contributed by atoms with Gasteiger partial charge >= 0.3 is 6.18 Å². The number of alkyl halides is 3. The number of rotatable bonds is 3. The lowest BCUT2D eigenvalue weighted by Gasteiger charge is -2.15. The minimum absolute atomic E-state index is 0.255. The molecule has 0 aliphatic carbocycles. The zero-order chi connectivity index (χ0) is 11.5. The molecule has 0 amide bonds. The van der Waals surface area contributed by atoms with Gasteiger partial charge in [0.25, 0.3) is 0 Å². The second-order valence-corrected chi connectivity index (χ2v) is 2.93. The van der Waals surface area contributed by atoms with Crippen LogP contribution in [0.1, 0.15) is 5.82 Å². The topological polar surface area (TPSA) is 58.0 Å². The van der Waals surface area contributed by atoms with E-state index >= 15 is 0 Å². The fourth-order valence-electron chi connectivity index (χ4n) is 0.872. The van der Waals surface area contributed by atoms with Crippen LogP contribution in [0.15, 0.2) is 12.3 Å². The first-order valence-electron chi connectivity index (χ1n) is 4.18. The fourth-order valence-corrected chi connectivity index (χ4v) is 0.872. The van der Waals surface area contributed by atoms with E-state index in [2.05, 4.69) is 15.3 Å². The van der Waals surface area contributed by atoms with E-state index in [0.29, 0.717) is 5.82 Å². The van der Waals surface area contributed by atoms with Crippen LogP contribution in [0.2, 0.25) is 0 Å². The van der Waals surface area contributed by atoms with Crippen LogP contribution < -0.4 is 5.32 Å². The molecule has 1 atom stereocenters. The summed E-state index contributed by atoms with van der Waals surface area (Å²) < 4.78 is 35.7. The number of aromatic nitrogens is 2. The molecule has 2 N–H and O–H groups in total. The lowest BCUT2D eigenvalue weighted by Crippen LogP contribution is -2.35. The number of anilines is 1. The van der Waals surface area contributed by atoms with Crippen LogP contribution in [-0.4, -0.2) is 33.9 Å². The number of aliphatic hydroxyl groups is 1. The van der Waals surface area contributed by atoms with E-state index in [1.807, 2.05) is 0 Å². The molecule has 0 saturated carbocycles. The van der Waals surface area contributed by atoms with Crippen LogP contribution >= 0.6 is 0 Å². The number of aliphatic hydroxyl groups excluding tert-OH is 1. The number of nitrogens with zero attached hydrogens (tertiary/aromatic N) is 2. The molecule has 0 fully saturated rings. The van der Waals surface area contributed by atoms with Gasteiger partial charge in [-0.2, -0.15) is 13.2 Å². The Morgan fingerprint density at radius 1 is 1.53 bits per heavy atom. The molecule has 0 aliphatic heterocycles. The highest BCUT2D eigenvalue weighted by atomic mass is 19.4. The van der Waals surface area contributed by atoms with Crippen molar-refractivity contribution in [3.05, 3.63) is 18.1 Å². The Morgan fingerprint density at radius 2 is 2.20 bits per heavy atom. The van der Waals surface area contributed by atoms with Gasteiger partial charge in [-0.15, -0.1) is 0 Å². The molecule has 15 heavy (non-hydrogen) atoms. The van der Waals surface area contributed by atoms with Gasteiger partial charge in [0.2, 0.25) is 0 Å². The zero-order valence-electron chi connectivity index (χ0n) is 7.91. The molecule has 1 aromatic rings. The van der Waals surface area contributed by atoms with Crippen LogP contribution in [0.4, 0.5) is 19.0 Å². The van der Waals surface area contributed by atoms with Crippen LogP contribution in [0.25, 0.3) is 0 Å². The third-order valence-electron chi connectivity index (χ3n) is 1.63. The largest absolute Gasteiger partial charge is 0.416 e. The van der Waals surface area contributed by atoms with Crippen LogP contribution in [0, 0.1) is 6.92 Å². The smallest absolute Gasteiger partial charge is 0.382 e. The van der Waals surface area contributed by atoms with Gasteiger partial charge in [0.15, 0.2) is 6.10 Å². The summed E-state index contributed by atoms with van der Waals surface area (Å²) >= 11 is 0. The predicted molar refractivity (Wildman–Crippen MR) is 47.3 cm³/mol. The number of aryl methyl sites for hydroxylation is 1. The van der Waals surface area contributed by atoms with E-state index < -0.39 is 18.8 Å². The van der Waals surface area contributed by atoms with Crippen LogP contribution in [0.5, 0.6) is 0 Å². The highest BCUT2D eigenvalue weighted by Gasteiger charge is 2.37. The Labute approximate surface area is 84.2 Å². The lowest BCUT2D eigenvalue weighted by atomic mass is 10.3. The fraction of sp³-hybridized carbons (Fsp3) is 0.500. The Hall–Kier alpha value is -1.37. The van der Waals surface area contributed by atoms with Crippen molar-refractivity contribution in [2.24, 2.45) is 0 Å². The van der Waals surface area contributed by atoms with Crippen molar-refractivity contribution < 1.29 is 18.3 Å². The molecule has 7 heteroatoms. The van der Waals surface area contributed by atoms with Crippen molar-refractivity contribution in [3.8, 4) is 0 Å². The van der Waals surface area contributed by atoms with Gasteiger partial charge in [-0.1, -0.05) is 0 Å². The van der Waals surface area contributed by atoms with E-state index in [-0.39, 0.29) is 5.82 Å². The van der Waals surface area contributed by atoms with E-state index in [4.69, 9.17) is 5.11 Å². The molecule has 84 valence electrons. The van der Waals surface area contributed by atoms with Gasteiger partial charge in [-0.25, -0.2) is 9.97 Å². The zero-order valence-corrected chi connectivity index (χ0v) is 7.91. The molecular formula is C8H10F3N3O. The molecule has 0 bridgehead atoms.